The molecule has 0 saturated carbocycles. The number of esters is 1. The summed E-state index contributed by atoms with van der Waals surface area (Å²) in [6.45, 7) is 0. The Morgan fingerprint density at radius 3 is 2.81 bits per heavy atom. The molecule has 1 aromatic carbocycles. The third-order valence-corrected chi connectivity index (χ3v) is 5.15. The van der Waals surface area contributed by atoms with Gasteiger partial charge in [0.1, 0.15) is 5.25 Å². The first kappa shape index (κ1) is 16.4. The minimum Gasteiger partial charge on any atom is -0.468 e. The molecule has 0 radical (unpaired) electrons. The molecule has 0 spiro atoms. The van der Waals surface area contributed by atoms with Crippen molar-refractivity contribution >= 4 is 57.4 Å². The average Bonchev–Trinajstić information content (AvgIpc) is 2.85. The first-order chi connectivity index (χ1) is 9.99. The van der Waals surface area contributed by atoms with Gasteiger partial charge in [0.25, 0.3) is 0 Å². The van der Waals surface area contributed by atoms with Gasteiger partial charge in [0.15, 0.2) is 4.34 Å². The van der Waals surface area contributed by atoms with Crippen LogP contribution in [0.15, 0.2) is 22.5 Å². The second kappa shape index (κ2) is 7.31. The van der Waals surface area contributed by atoms with Crippen LogP contribution in [-0.2, 0) is 16.0 Å². The van der Waals surface area contributed by atoms with Gasteiger partial charge >= 0.3 is 5.97 Å². The fourth-order valence-electron chi connectivity index (χ4n) is 1.58. The standard InChI is InChI=1S/C12H11Cl2N3O2S2/c1-19-10(18)9(20-12-17-16-11(15)21-12)4-6-2-3-7(13)5-8(6)14/h2-3,5,9H,4H2,1H3,(H2,15,16)/t9-/m1/s1. The fourth-order valence-corrected chi connectivity index (χ4v) is 3.99. The molecule has 0 saturated heterocycles. The summed E-state index contributed by atoms with van der Waals surface area (Å²) >= 11 is 14.5. The van der Waals surface area contributed by atoms with Crippen LogP contribution in [0.4, 0.5) is 5.13 Å². The van der Waals surface area contributed by atoms with Gasteiger partial charge in [-0.15, -0.1) is 10.2 Å². The normalized spacial score (nSPS) is 12.1. The van der Waals surface area contributed by atoms with E-state index in [1.165, 1.54) is 30.2 Å². The van der Waals surface area contributed by atoms with Crippen molar-refractivity contribution in [2.75, 3.05) is 12.8 Å². The number of carbonyl (C=O) groups excluding carboxylic acids is 1. The molecule has 2 rings (SSSR count). The lowest BCUT2D eigenvalue weighted by Gasteiger charge is -2.13. The maximum Gasteiger partial charge on any atom is 0.319 e. The van der Waals surface area contributed by atoms with Crippen LogP contribution in [0.5, 0.6) is 0 Å². The Morgan fingerprint density at radius 1 is 1.48 bits per heavy atom. The van der Waals surface area contributed by atoms with Crippen molar-refractivity contribution < 1.29 is 9.53 Å². The maximum absolute atomic E-state index is 11.9. The van der Waals surface area contributed by atoms with Crippen molar-refractivity contribution in [3.05, 3.63) is 33.8 Å². The molecule has 112 valence electrons. The maximum atomic E-state index is 11.9. The van der Waals surface area contributed by atoms with Crippen LogP contribution in [-0.4, -0.2) is 28.5 Å². The zero-order chi connectivity index (χ0) is 15.4. The van der Waals surface area contributed by atoms with E-state index >= 15 is 0 Å². The highest BCUT2D eigenvalue weighted by molar-refractivity contribution is 8.02. The molecule has 0 unspecified atom stereocenters. The number of carbonyl (C=O) groups is 1. The SMILES string of the molecule is COC(=O)[C@@H](Cc1ccc(Cl)cc1Cl)Sc1nnc(N)s1. The third kappa shape index (κ3) is 4.47. The Kier molecular flexibility index (Phi) is 5.69. The lowest BCUT2D eigenvalue weighted by Crippen LogP contribution is -2.21. The van der Waals surface area contributed by atoms with Gasteiger partial charge in [-0.3, -0.25) is 4.79 Å². The molecule has 21 heavy (non-hydrogen) atoms. The molecule has 2 N–H and O–H groups in total. The number of ether oxygens (including phenoxy) is 1. The van der Waals surface area contributed by atoms with Crippen LogP contribution < -0.4 is 5.73 Å². The van der Waals surface area contributed by atoms with Gasteiger partial charge in [-0.2, -0.15) is 0 Å². The Labute approximate surface area is 139 Å². The summed E-state index contributed by atoms with van der Waals surface area (Å²) < 4.78 is 5.43. The van der Waals surface area contributed by atoms with E-state index in [1.807, 2.05) is 0 Å². The zero-order valence-electron chi connectivity index (χ0n) is 10.9. The van der Waals surface area contributed by atoms with Crippen molar-refractivity contribution in [3.63, 3.8) is 0 Å². The first-order valence-electron chi connectivity index (χ1n) is 5.77. The number of aromatic nitrogens is 2. The van der Waals surface area contributed by atoms with E-state index in [0.717, 1.165) is 5.56 Å². The van der Waals surface area contributed by atoms with E-state index in [4.69, 9.17) is 33.7 Å². The first-order valence-corrected chi connectivity index (χ1v) is 8.22. The van der Waals surface area contributed by atoms with Gasteiger partial charge in [0.05, 0.1) is 7.11 Å². The summed E-state index contributed by atoms with van der Waals surface area (Å²) in [6.07, 6.45) is 0.396. The Balaban J connectivity index is 2.18. The molecule has 9 heteroatoms. The number of nitrogens with zero attached hydrogens (tertiary/aromatic N) is 2. The number of hydrogen-bond donors (Lipinski definition) is 1. The Morgan fingerprint density at radius 2 is 2.24 bits per heavy atom. The lowest BCUT2D eigenvalue weighted by atomic mass is 10.1. The summed E-state index contributed by atoms with van der Waals surface area (Å²) in [5.41, 5.74) is 6.34. The van der Waals surface area contributed by atoms with Crippen LogP contribution in [0.3, 0.4) is 0 Å². The number of hydrogen-bond acceptors (Lipinski definition) is 7. The summed E-state index contributed by atoms with van der Waals surface area (Å²) in [5.74, 6) is -0.361. The van der Waals surface area contributed by atoms with Gasteiger partial charge in [0.2, 0.25) is 5.13 Å². The molecule has 0 aliphatic carbocycles. The number of nitrogens with two attached hydrogens (primary N) is 1. The number of thioether (sulfide) groups is 1. The molecule has 0 amide bonds. The van der Waals surface area contributed by atoms with Gasteiger partial charge in [0, 0.05) is 10.0 Å². The molecule has 0 fully saturated rings. The molecule has 1 atom stereocenters. The van der Waals surface area contributed by atoms with Gasteiger partial charge in [-0.25, -0.2) is 0 Å². The predicted octanol–water partition coefficient (Wildman–Crippen LogP) is 3.30. The highest BCUT2D eigenvalue weighted by Gasteiger charge is 2.24. The van der Waals surface area contributed by atoms with Crippen molar-refractivity contribution in [3.8, 4) is 0 Å². The predicted molar refractivity (Wildman–Crippen MR) is 86.1 cm³/mol. The minimum atomic E-state index is -0.485. The summed E-state index contributed by atoms with van der Waals surface area (Å²) in [4.78, 5) is 11.9. The monoisotopic (exact) mass is 363 g/mol. The second-order valence-corrected chi connectivity index (χ2v) is 7.28. The zero-order valence-corrected chi connectivity index (χ0v) is 14.0. The van der Waals surface area contributed by atoms with E-state index in [-0.39, 0.29) is 5.97 Å². The van der Waals surface area contributed by atoms with E-state index in [1.54, 1.807) is 18.2 Å². The number of rotatable bonds is 5. The molecule has 2 aromatic rings. The number of methoxy groups -OCH3 is 1. The van der Waals surface area contributed by atoms with Gasteiger partial charge < -0.3 is 10.5 Å². The quantitative estimate of drug-likeness (QED) is 0.648. The largest absolute Gasteiger partial charge is 0.468 e. The third-order valence-electron chi connectivity index (χ3n) is 2.55. The molecule has 0 aliphatic heterocycles. The fraction of sp³-hybridized carbons (Fsp3) is 0.250. The summed E-state index contributed by atoms with van der Waals surface area (Å²) in [5, 5.41) is 8.54. The number of nitrogen functional groups attached to an aromatic ring is 1. The van der Waals surface area contributed by atoms with Crippen molar-refractivity contribution in [2.24, 2.45) is 0 Å². The molecule has 0 aliphatic rings. The van der Waals surface area contributed by atoms with Crippen molar-refractivity contribution in [2.45, 2.75) is 16.0 Å². The number of anilines is 1. The molecule has 5 nitrogen and oxygen atoms in total. The average molecular weight is 364 g/mol. The topological polar surface area (TPSA) is 78.1 Å². The second-order valence-electron chi connectivity index (χ2n) is 3.98. The van der Waals surface area contributed by atoms with Crippen LogP contribution >= 0.6 is 46.3 Å². The Bertz CT molecular complexity index is 651. The highest BCUT2D eigenvalue weighted by atomic mass is 35.5. The lowest BCUT2D eigenvalue weighted by molar-refractivity contribution is -0.139. The number of halogens is 2. The smallest absolute Gasteiger partial charge is 0.319 e. The highest BCUT2D eigenvalue weighted by Crippen LogP contribution is 2.32. The molecular weight excluding hydrogens is 353 g/mol. The molecule has 1 heterocycles. The Hall–Kier alpha value is -1.02. The van der Waals surface area contributed by atoms with E-state index in [2.05, 4.69) is 10.2 Å². The van der Waals surface area contributed by atoms with Crippen molar-refractivity contribution in [1.82, 2.24) is 10.2 Å². The summed E-state index contributed by atoms with van der Waals surface area (Å²) in [6, 6.07) is 5.15. The van der Waals surface area contributed by atoms with Gasteiger partial charge in [-0.1, -0.05) is 52.4 Å². The molecular formula is C12H11Cl2N3O2S2. The van der Waals surface area contributed by atoms with Crippen LogP contribution in [0.1, 0.15) is 5.56 Å². The van der Waals surface area contributed by atoms with E-state index in [0.29, 0.717) is 25.9 Å². The van der Waals surface area contributed by atoms with E-state index < -0.39 is 5.25 Å². The number of benzene rings is 1. The summed E-state index contributed by atoms with van der Waals surface area (Å²) in [7, 11) is 1.34. The van der Waals surface area contributed by atoms with Crippen LogP contribution in [0.25, 0.3) is 0 Å². The van der Waals surface area contributed by atoms with Gasteiger partial charge in [-0.05, 0) is 24.1 Å². The van der Waals surface area contributed by atoms with Crippen LogP contribution in [0.2, 0.25) is 10.0 Å². The van der Waals surface area contributed by atoms with Crippen LogP contribution in [0, 0.1) is 0 Å². The molecule has 1 aromatic heterocycles. The van der Waals surface area contributed by atoms with E-state index in [9.17, 15) is 4.79 Å². The van der Waals surface area contributed by atoms with Crippen molar-refractivity contribution in [1.29, 1.82) is 0 Å². The minimum absolute atomic E-state index is 0.352. The molecule has 0 bridgehead atoms.